The average Bonchev–Trinajstić information content (AvgIpc) is 2.21. The van der Waals surface area contributed by atoms with Gasteiger partial charge in [-0.05, 0) is 18.8 Å². The Morgan fingerprint density at radius 2 is 1.62 bits per heavy atom. The fraction of sp³-hybridized carbons (Fsp3) is 1.00. The molecule has 0 bridgehead atoms. The van der Waals surface area contributed by atoms with E-state index in [0.29, 0.717) is 4.75 Å². The van der Waals surface area contributed by atoms with Crippen LogP contribution < -0.4 is 0 Å². The smallest absolute Gasteiger partial charge is 0.0179 e. The summed E-state index contributed by atoms with van der Waals surface area (Å²) < 4.78 is 0.390. The Hall–Kier alpha value is 0.700. The van der Waals surface area contributed by atoms with Gasteiger partial charge in [0, 0.05) is 10.00 Å². The molecule has 0 radical (unpaired) electrons. The van der Waals surface area contributed by atoms with Crippen LogP contribution in [0.15, 0.2) is 0 Å². The van der Waals surface area contributed by atoms with Gasteiger partial charge in [-0.1, -0.05) is 82.4 Å². The van der Waals surface area contributed by atoms with Crippen LogP contribution in [0.2, 0.25) is 0 Å². The summed E-state index contributed by atoms with van der Waals surface area (Å²) >= 11 is 0. The second-order valence-corrected chi connectivity index (χ2v) is 8.82. The van der Waals surface area contributed by atoms with Crippen molar-refractivity contribution in [2.45, 2.75) is 83.6 Å². The fourth-order valence-electron chi connectivity index (χ4n) is 1.81. The summed E-state index contributed by atoms with van der Waals surface area (Å²) in [6.07, 6.45) is 6.81. The molecule has 0 heterocycles. The Morgan fingerprint density at radius 3 is 2.00 bits per heavy atom. The fourth-order valence-corrected chi connectivity index (χ4v) is 4.96. The topological polar surface area (TPSA) is 0 Å². The highest BCUT2D eigenvalue weighted by Crippen LogP contribution is 2.43. The molecule has 0 amide bonds. The van der Waals surface area contributed by atoms with E-state index in [0.717, 1.165) is 11.2 Å². The van der Waals surface area contributed by atoms with E-state index >= 15 is 0 Å². The lowest BCUT2D eigenvalue weighted by Crippen LogP contribution is -2.17. The number of hydrogen-bond donors (Lipinski definition) is 0. The Balaban J connectivity index is 4.11. The highest BCUT2D eigenvalue weighted by Gasteiger charge is 2.21. The van der Waals surface area contributed by atoms with Gasteiger partial charge >= 0.3 is 0 Å². The zero-order valence-corrected chi connectivity index (χ0v) is 13.6. The SMILES string of the molecule is CCCCC(CC)[C@H](CC)SSC(C)(C)C. The molecular formula is C14H30S2. The predicted molar refractivity (Wildman–Crippen MR) is 82.3 cm³/mol. The van der Waals surface area contributed by atoms with Crippen LogP contribution in [-0.4, -0.2) is 10.00 Å². The molecule has 98 valence electrons. The lowest BCUT2D eigenvalue weighted by Gasteiger charge is -2.27. The van der Waals surface area contributed by atoms with E-state index in [-0.39, 0.29) is 0 Å². The average molecular weight is 263 g/mol. The highest BCUT2D eigenvalue weighted by atomic mass is 33.1. The van der Waals surface area contributed by atoms with Crippen LogP contribution in [-0.2, 0) is 0 Å². The molecule has 16 heavy (non-hydrogen) atoms. The quantitative estimate of drug-likeness (QED) is 0.480. The van der Waals surface area contributed by atoms with Gasteiger partial charge in [0.15, 0.2) is 0 Å². The second kappa shape index (κ2) is 8.74. The predicted octanol–water partition coefficient (Wildman–Crippen LogP) is 6.16. The molecule has 0 N–H and O–H groups in total. The van der Waals surface area contributed by atoms with Gasteiger partial charge in [0.25, 0.3) is 0 Å². The van der Waals surface area contributed by atoms with E-state index in [1.807, 2.05) is 0 Å². The molecule has 0 aliphatic rings. The van der Waals surface area contributed by atoms with E-state index < -0.39 is 0 Å². The molecule has 0 spiro atoms. The van der Waals surface area contributed by atoms with E-state index in [1.165, 1.54) is 32.1 Å². The van der Waals surface area contributed by atoms with Crippen LogP contribution in [0, 0.1) is 5.92 Å². The van der Waals surface area contributed by atoms with E-state index in [2.05, 4.69) is 63.1 Å². The van der Waals surface area contributed by atoms with Crippen LogP contribution in [0.4, 0.5) is 0 Å². The van der Waals surface area contributed by atoms with E-state index in [4.69, 9.17) is 0 Å². The first-order valence-electron chi connectivity index (χ1n) is 6.79. The molecule has 0 aliphatic heterocycles. The largest absolute Gasteiger partial charge is 0.0899 e. The third-order valence-corrected chi connectivity index (χ3v) is 6.89. The molecule has 0 aromatic rings. The first-order valence-corrected chi connectivity index (χ1v) is 9.00. The lowest BCUT2D eigenvalue weighted by molar-refractivity contribution is 0.430. The maximum atomic E-state index is 2.35. The van der Waals surface area contributed by atoms with Crippen LogP contribution >= 0.6 is 21.6 Å². The van der Waals surface area contributed by atoms with Gasteiger partial charge in [0.05, 0.1) is 0 Å². The Labute approximate surface area is 111 Å². The van der Waals surface area contributed by atoms with Gasteiger partial charge < -0.3 is 0 Å². The molecule has 0 aromatic heterocycles. The molecule has 0 saturated heterocycles. The van der Waals surface area contributed by atoms with Crippen LogP contribution in [0.3, 0.4) is 0 Å². The first-order chi connectivity index (χ1) is 7.44. The number of hydrogen-bond acceptors (Lipinski definition) is 2. The third kappa shape index (κ3) is 7.89. The van der Waals surface area contributed by atoms with Gasteiger partial charge in [-0.15, -0.1) is 0 Å². The van der Waals surface area contributed by atoms with Crippen LogP contribution in [0.25, 0.3) is 0 Å². The van der Waals surface area contributed by atoms with Gasteiger partial charge in [0.1, 0.15) is 0 Å². The normalized spacial score (nSPS) is 16.1. The minimum atomic E-state index is 0.390. The lowest BCUT2D eigenvalue weighted by atomic mass is 9.94. The van der Waals surface area contributed by atoms with E-state index in [1.54, 1.807) is 0 Å². The van der Waals surface area contributed by atoms with Crippen molar-refractivity contribution in [2.24, 2.45) is 5.92 Å². The summed E-state index contributed by atoms with van der Waals surface area (Å²) in [4.78, 5) is 0. The first kappa shape index (κ1) is 16.7. The van der Waals surface area contributed by atoms with Crippen molar-refractivity contribution in [3.8, 4) is 0 Å². The van der Waals surface area contributed by atoms with Gasteiger partial charge in [-0.25, -0.2) is 0 Å². The monoisotopic (exact) mass is 262 g/mol. The third-order valence-electron chi connectivity index (χ3n) is 2.80. The summed E-state index contributed by atoms with van der Waals surface area (Å²) in [5.74, 6) is 0.921. The summed E-state index contributed by atoms with van der Waals surface area (Å²) in [5.41, 5.74) is 0. The van der Waals surface area contributed by atoms with Crippen LogP contribution in [0.1, 0.15) is 73.6 Å². The summed E-state index contributed by atoms with van der Waals surface area (Å²) in [6.45, 7) is 13.9. The molecule has 0 rings (SSSR count). The molecular weight excluding hydrogens is 232 g/mol. The molecule has 1 unspecified atom stereocenters. The molecule has 0 fully saturated rings. The molecule has 0 nitrogen and oxygen atoms in total. The Bertz CT molecular complexity index is 161. The zero-order chi connectivity index (χ0) is 12.6. The van der Waals surface area contributed by atoms with Gasteiger partial charge in [0.2, 0.25) is 0 Å². The van der Waals surface area contributed by atoms with Gasteiger partial charge in [-0.3, -0.25) is 0 Å². The van der Waals surface area contributed by atoms with Crippen molar-refractivity contribution in [2.75, 3.05) is 0 Å². The van der Waals surface area contributed by atoms with Crippen LogP contribution in [0.5, 0.6) is 0 Å². The zero-order valence-electron chi connectivity index (χ0n) is 12.0. The maximum absolute atomic E-state index is 2.35. The number of rotatable bonds is 8. The van der Waals surface area contributed by atoms with Gasteiger partial charge in [-0.2, -0.15) is 0 Å². The number of unbranched alkanes of at least 4 members (excludes halogenated alkanes) is 1. The minimum absolute atomic E-state index is 0.390. The summed E-state index contributed by atoms with van der Waals surface area (Å²) in [5, 5.41) is 0.848. The Kier molecular flexibility index (Phi) is 9.12. The van der Waals surface area contributed by atoms with Crippen molar-refractivity contribution >= 4 is 21.6 Å². The van der Waals surface area contributed by atoms with Crippen molar-refractivity contribution in [3.63, 3.8) is 0 Å². The molecule has 2 atom stereocenters. The second-order valence-electron chi connectivity index (χ2n) is 5.55. The molecule has 2 heteroatoms. The van der Waals surface area contributed by atoms with Crippen molar-refractivity contribution in [3.05, 3.63) is 0 Å². The molecule has 0 saturated carbocycles. The standard InChI is InChI=1S/C14H30S2/c1-7-10-11-12(8-2)13(9-3)15-16-14(4,5)6/h12-13H,7-11H2,1-6H3/t12?,13-/m0/s1. The molecule has 0 aromatic carbocycles. The summed E-state index contributed by atoms with van der Waals surface area (Å²) in [7, 11) is 4.19. The van der Waals surface area contributed by atoms with E-state index in [9.17, 15) is 0 Å². The van der Waals surface area contributed by atoms with Crippen molar-refractivity contribution in [1.82, 2.24) is 0 Å². The van der Waals surface area contributed by atoms with Crippen molar-refractivity contribution in [1.29, 1.82) is 0 Å². The Morgan fingerprint density at radius 1 is 1.00 bits per heavy atom. The highest BCUT2D eigenvalue weighted by molar-refractivity contribution is 8.77. The van der Waals surface area contributed by atoms with Crippen molar-refractivity contribution < 1.29 is 0 Å². The molecule has 0 aliphatic carbocycles. The maximum Gasteiger partial charge on any atom is 0.0179 e. The minimum Gasteiger partial charge on any atom is -0.0899 e. The summed E-state index contributed by atoms with van der Waals surface area (Å²) in [6, 6.07) is 0.